The lowest BCUT2D eigenvalue weighted by Gasteiger charge is -2.38. The van der Waals surface area contributed by atoms with Crippen LogP contribution in [-0.2, 0) is 9.53 Å². The molecule has 0 bridgehead atoms. The Morgan fingerprint density at radius 3 is 2.69 bits per heavy atom. The summed E-state index contributed by atoms with van der Waals surface area (Å²) in [5.41, 5.74) is 0.683. The number of aromatic nitrogens is 2. The van der Waals surface area contributed by atoms with Crippen LogP contribution >= 0.6 is 22.9 Å². The van der Waals surface area contributed by atoms with Gasteiger partial charge >= 0.3 is 11.8 Å². The summed E-state index contributed by atoms with van der Waals surface area (Å²) in [5.74, 6) is -0.0702. The summed E-state index contributed by atoms with van der Waals surface area (Å²) >= 11 is 7.67. The Morgan fingerprint density at radius 1 is 1.31 bits per heavy atom. The van der Waals surface area contributed by atoms with Crippen LogP contribution in [0, 0.1) is 10.1 Å². The monoisotopic (exact) mass is 435 g/mol. The molecule has 1 aliphatic heterocycles. The van der Waals surface area contributed by atoms with Gasteiger partial charge in [-0.25, -0.2) is 4.79 Å². The molecule has 4 rings (SSSR count). The number of thiazole rings is 1. The van der Waals surface area contributed by atoms with Crippen molar-refractivity contribution in [2.75, 3.05) is 38.2 Å². The SMILES string of the molecule is COC(=O)C(c1ccccc1Cl)N1CCN(c2nc3sccn3c2[N+](=O)[O-])CC1. The van der Waals surface area contributed by atoms with Crippen molar-refractivity contribution in [1.29, 1.82) is 0 Å². The molecule has 2 aromatic heterocycles. The minimum atomic E-state index is -0.628. The molecule has 9 nitrogen and oxygen atoms in total. The van der Waals surface area contributed by atoms with E-state index in [1.54, 1.807) is 17.6 Å². The summed E-state index contributed by atoms with van der Waals surface area (Å²) in [4.78, 5) is 32.6. The number of hydrogen-bond donors (Lipinski definition) is 0. The predicted octanol–water partition coefficient (Wildman–Crippen LogP) is 2.99. The molecule has 3 heterocycles. The molecule has 0 saturated carbocycles. The zero-order chi connectivity index (χ0) is 20.5. The van der Waals surface area contributed by atoms with E-state index in [-0.39, 0.29) is 11.8 Å². The van der Waals surface area contributed by atoms with Crippen molar-refractivity contribution in [2.24, 2.45) is 0 Å². The number of methoxy groups -OCH3 is 1. The summed E-state index contributed by atoms with van der Waals surface area (Å²) in [7, 11) is 1.35. The summed E-state index contributed by atoms with van der Waals surface area (Å²) in [6, 6.07) is 6.56. The second-order valence-corrected chi connectivity index (χ2v) is 7.82. The lowest BCUT2D eigenvalue weighted by molar-refractivity contribution is -0.389. The van der Waals surface area contributed by atoms with Crippen LogP contribution in [0.25, 0.3) is 4.96 Å². The van der Waals surface area contributed by atoms with Crippen LogP contribution in [0.1, 0.15) is 11.6 Å². The van der Waals surface area contributed by atoms with E-state index in [1.807, 2.05) is 28.0 Å². The second kappa shape index (κ2) is 7.97. The highest BCUT2D eigenvalue weighted by Gasteiger charge is 2.35. The van der Waals surface area contributed by atoms with Gasteiger partial charge in [0.05, 0.1) is 7.11 Å². The number of carbonyl (C=O) groups excluding carboxylic acids is 1. The van der Waals surface area contributed by atoms with Gasteiger partial charge in [0, 0.05) is 36.6 Å². The minimum absolute atomic E-state index is 0.0367. The maximum Gasteiger partial charge on any atom is 0.373 e. The number of ether oxygens (including phenoxy) is 1. The third-order valence-electron chi connectivity index (χ3n) is 5.00. The van der Waals surface area contributed by atoms with Gasteiger partial charge in [0.2, 0.25) is 5.82 Å². The third kappa shape index (κ3) is 3.54. The molecule has 0 radical (unpaired) electrons. The molecule has 1 aromatic carbocycles. The average molecular weight is 436 g/mol. The molecular weight excluding hydrogens is 418 g/mol. The zero-order valence-electron chi connectivity index (χ0n) is 15.5. The number of anilines is 1. The normalized spacial score (nSPS) is 16.1. The van der Waals surface area contributed by atoms with Gasteiger partial charge in [-0.1, -0.05) is 41.1 Å². The summed E-state index contributed by atoms with van der Waals surface area (Å²) in [6.07, 6.45) is 1.65. The highest BCUT2D eigenvalue weighted by atomic mass is 35.5. The van der Waals surface area contributed by atoms with Crippen molar-refractivity contribution >= 4 is 45.5 Å². The number of rotatable bonds is 5. The molecule has 1 atom stereocenters. The number of piperazine rings is 1. The third-order valence-corrected chi connectivity index (χ3v) is 6.10. The largest absolute Gasteiger partial charge is 0.468 e. The number of hydrogen-bond acceptors (Lipinski definition) is 8. The lowest BCUT2D eigenvalue weighted by Crippen LogP contribution is -2.49. The van der Waals surface area contributed by atoms with Crippen LogP contribution in [-0.4, -0.2) is 58.5 Å². The molecule has 1 fully saturated rings. The van der Waals surface area contributed by atoms with Crippen LogP contribution in [0.15, 0.2) is 35.8 Å². The molecule has 29 heavy (non-hydrogen) atoms. The Kier molecular flexibility index (Phi) is 5.39. The fourth-order valence-electron chi connectivity index (χ4n) is 3.62. The molecule has 0 N–H and O–H groups in total. The van der Waals surface area contributed by atoms with Gasteiger partial charge in [-0.15, -0.1) is 0 Å². The molecule has 3 aromatic rings. The number of imidazole rings is 1. The van der Waals surface area contributed by atoms with Gasteiger partial charge in [-0.3, -0.25) is 4.90 Å². The van der Waals surface area contributed by atoms with Crippen molar-refractivity contribution in [3.63, 3.8) is 0 Å². The Labute approximate surface area is 175 Å². The van der Waals surface area contributed by atoms with E-state index in [9.17, 15) is 14.9 Å². The zero-order valence-corrected chi connectivity index (χ0v) is 17.1. The van der Waals surface area contributed by atoms with E-state index in [2.05, 4.69) is 4.98 Å². The molecule has 1 aliphatic rings. The van der Waals surface area contributed by atoms with Crippen LogP contribution in [0.2, 0.25) is 5.02 Å². The fourth-order valence-corrected chi connectivity index (χ4v) is 4.56. The van der Waals surface area contributed by atoms with Crippen LogP contribution in [0.3, 0.4) is 0 Å². The van der Waals surface area contributed by atoms with Gasteiger partial charge in [-0.05, 0) is 16.6 Å². The highest BCUT2D eigenvalue weighted by molar-refractivity contribution is 7.15. The maximum atomic E-state index is 12.5. The van der Waals surface area contributed by atoms with Gasteiger partial charge < -0.3 is 19.8 Å². The summed E-state index contributed by atoms with van der Waals surface area (Å²) in [6.45, 7) is 1.99. The van der Waals surface area contributed by atoms with Crippen LogP contribution in [0.4, 0.5) is 11.6 Å². The number of fused-ring (bicyclic) bond motifs is 1. The van der Waals surface area contributed by atoms with Crippen LogP contribution < -0.4 is 4.90 Å². The van der Waals surface area contributed by atoms with E-state index in [0.29, 0.717) is 47.5 Å². The predicted molar refractivity (Wildman–Crippen MR) is 110 cm³/mol. The van der Waals surface area contributed by atoms with E-state index in [4.69, 9.17) is 16.3 Å². The number of nitro groups is 1. The first-order valence-corrected chi connectivity index (χ1v) is 10.2. The molecule has 152 valence electrons. The van der Waals surface area contributed by atoms with E-state index < -0.39 is 11.0 Å². The Balaban J connectivity index is 1.58. The summed E-state index contributed by atoms with van der Waals surface area (Å²) in [5, 5.41) is 13.9. The molecule has 1 saturated heterocycles. The topological polar surface area (TPSA) is 93.2 Å². The lowest BCUT2D eigenvalue weighted by atomic mass is 10.0. The Bertz CT molecular complexity index is 1060. The van der Waals surface area contributed by atoms with Crippen molar-refractivity contribution in [2.45, 2.75) is 6.04 Å². The van der Waals surface area contributed by atoms with Gasteiger partial charge in [-0.2, -0.15) is 9.38 Å². The first kappa shape index (κ1) is 19.6. The van der Waals surface area contributed by atoms with E-state index in [1.165, 1.54) is 22.8 Å². The van der Waals surface area contributed by atoms with Crippen LogP contribution in [0.5, 0.6) is 0 Å². The number of halogens is 1. The maximum absolute atomic E-state index is 12.5. The minimum Gasteiger partial charge on any atom is -0.468 e. The van der Waals surface area contributed by atoms with E-state index >= 15 is 0 Å². The standard InChI is InChI=1S/C18H18ClN5O4S/c1-28-17(25)14(12-4-2-3-5-13(12)19)21-6-8-22(9-7-21)15-16(24(26)27)23-10-11-29-18(23)20-15/h2-5,10-11,14H,6-9H2,1H3. The number of nitrogens with zero attached hydrogens (tertiary/aromatic N) is 5. The van der Waals surface area contributed by atoms with Gasteiger partial charge in [0.15, 0.2) is 0 Å². The van der Waals surface area contributed by atoms with Crippen molar-refractivity contribution in [3.8, 4) is 0 Å². The highest BCUT2D eigenvalue weighted by Crippen LogP contribution is 2.34. The smallest absolute Gasteiger partial charge is 0.373 e. The Morgan fingerprint density at radius 2 is 2.03 bits per heavy atom. The van der Waals surface area contributed by atoms with Gasteiger partial charge in [0.1, 0.15) is 12.2 Å². The summed E-state index contributed by atoms with van der Waals surface area (Å²) < 4.78 is 6.50. The second-order valence-electron chi connectivity index (χ2n) is 6.54. The molecule has 0 amide bonds. The van der Waals surface area contributed by atoms with Crippen molar-refractivity contribution in [1.82, 2.24) is 14.3 Å². The van der Waals surface area contributed by atoms with Crippen molar-refractivity contribution in [3.05, 3.63) is 56.5 Å². The molecule has 1 unspecified atom stereocenters. The number of esters is 1. The van der Waals surface area contributed by atoms with E-state index in [0.717, 1.165) is 0 Å². The first-order chi connectivity index (χ1) is 14.0. The molecule has 0 aliphatic carbocycles. The van der Waals surface area contributed by atoms with Crippen molar-refractivity contribution < 1.29 is 14.5 Å². The molecular formula is C18H18ClN5O4S. The fraction of sp³-hybridized carbons (Fsp3) is 0.333. The molecule has 11 heteroatoms. The molecule has 0 spiro atoms. The first-order valence-electron chi connectivity index (χ1n) is 8.92. The van der Waals surface area contributed by atoms with Gasteiger partial charge in [0.25, 0.3) is 4.96 Å². The number of benzene rings is 1. The quantitative estimate of drug-likeness (QED) is 0.345. The Hall–Kier alpha value is -2.69. The average Bonchev–Trinajstić information content (AvgIpc) is 3.31. The number of carbonyl (C=O) groups is 1.